The molecule has 0 saturated carbocycles. The van der Waals surface area contributed by atoms with Crippen LogP contribution < -0.4 is 10.1 Å². The molecule has 0 spiro atoms. The molecule has 2 aromatic carbocycles. The number of amides is 1. The van der Waals surface area contributed by atoms with Gasteiger partial charge in [0.2, 0.25) is 5.95 Å². The van der Waals surface area contributed by atoms with Gasteiger partial charge in [0.15, 0.2) is 6.61 Å². The minimum Gasteiger partial charge on any atom is -0.483 e. The lowest BCUT2D eigenvalue weighted by atomic mass is 10.2. The van der Waals surface area contributed by atoms with Crippen LogP contribution in [0.2, 0.25) is 0 Å². The van der Waals surface area contributed by atoms with Crippen molar-refractivity contribution in [2.45, 2.75) is 13.8 Å². The zero-order chi connectivity index (χ0) is 16.9. The molecule has 122 valence electrons. The summed E-state index contributed by atoms with van der Waals surface area (Å²) in [7, 11) is 0. The number of nitrogens with one attached hydrogen (secondary N) is 1. The van der Waals surface area contributed by atoms with Crippen LogP contribution in [-0.2, 0) is 4.79 Å². The molecule has 0 atom stereocenters. The third-order valence-electron chi connectivity index (χ3n) is 3.47. The number of hydrogen-bond acceptors (Lipinski definition) is 4. The molecule has 6 nitrogen and oxygen atoms in total. The van der Waals surface area contributed by atoms with E-state index in [4.69, 9.17) is 4.74 Å². The molecule has 0 radical (unpaired) electrons. The Morgan fingerprint density at radius 2 is 1.79 bits per heavy atom. The molecule has 1 amide bonds. The number of carbonyl (C=O) groups excluding carboxylic acids is 1. The second-order valence-electron chi connectivity index (χ2n) is 5.33. The number of hydrogen-bond donors (Lipinski definition) is 1. The highest BCUT2D eigenvalue weighted by Crippen LogP contribution is 2.16. The Bertz CT molecular complexity index is 843. The summed E-state index contributed by atoms with van der Waals surface area (Å²) in [6.07, 6.45) is 0. The number of ether oxygens (including phenoxy) is 1. The Labute approximate surface area is 140 Å². The number of carbonyl (C=O) groups is 1. The van der Waals surface area contributed by atoms with Crippen molar-refractivity contribution in [1.29, 1.82) is 0 Å². The van der Waals surface area contributed by atoms with Crippen molar-refractivity contribution in [2.75, 3.05) is 11.9 Å². The van der Waals surface area contributed by atoms with Crippen LogP contribution in [0.15, 0.2) is 54.6 Å². The molecule has 24 heavy (non-hydrogen) atoms. The van der Waals surface area contributed by atoms with Crippen molar-refractivity contribution in [3.05, 3.63) is 66.0 Å². The van der Waals surface area contributed by atoms with E-state index in [1.165, 1.54) is 0 Å². The van der Waals surface area contributed by atoms with Crippen LogP contribution in [0.25, 0.3) is 5.69 Å². The van der Waals surface area contributed by atoms with Crippen LogP contribution >= 0.6 is 0 Å². The molecule has 0 aliphatic carbocycles. The molecular weight excluding hydrogens is 304 g/mol. The van der Waals surface area contributed by atoms with E-state index < -0.39 is 0 Å². The summed E-state index contributed by atoms with van der Waals surface area (Å²) in [5.41, 5.74) is 1.87. The zero-order valence-electron chi connectivity index (χ0n) is 13.6. The lowest BCUT2D eigenvalue weighted by Crippen LogP contribution is -2.21. The van der Waals surface area contributed by atoms with Crippen molar-refractivity contribution < 1.29 is 9.53 Å². The number of para-hydroxylation sites is 2. The van der Waals surface area contributed by atoms with E-state index in [-0.39, 0.29) is 18.5 Å². The molecular formula is C18H18N4O2. The van der Waals surface area contributed by atoms with E-state index in [2.05, 4.69) is 15.4 Å². The van der Waals surface area contributed by atoms with Crippen LogP contribution in [-0.4, -0.2) is 27.3 Å². The summed E-state index contributed by atoms with van der Waals surface area (Å²) in [6, 6.07) is 17.2. The fraction of sp³-hybridized carbons (Fsp3) is 0.167. The van der Waals surface area contributed by atoms with Crippen molar-refractivity contribution in [3.63, 3.8) is 0 Å². The maximum Gasteiger partial charge on any atom is 0.264 e. The Hall–Kier alpha value is -3.15. The predicted molar refractivity (Wildman–Crippen MR) is 91.4 cm³/mol. The molecule has 3 rings (SSSR count). The largest absolute Gasteiger partial charge is 0.483 e. The average Bonchev–Trinajstić information content (AvgIpc) is 2.95. The molecule has 6 heteroatoms. The van der Waals surface area contributed by atoms with E-state index >= 15 is 0 Å². The summed E-state index contributed by atoms with van der Waals surface area (Å²) in [5.74, 6) is 1.33. The smallest absolute Gasteiger partial charge is 0.264 e. The van der Waals surface area contributed by atoms with Gasteiger partial charge in [0.1, 0.15) is 11.6 Å². The molecule has 1 N–H and O–H groups in total. The quantitative estimate of drug-likeness (QED) is 0.784. The van der Waals surface area contributed by atoms with Gasteiger partial charge in [0.25, 0.3) is 5.91 Å². The van der Waals surface area contributed by atoms with Gasteiger partial charge < -0.3 is 4.74 Å². The van der Waals surface area contributed by atoms with Gasteiger partial charge in [-0.25, -0.2) is 4.68 Å². The van der Waals surface area contributed by atoms with Gasteiger partial charge in [-0.1, -0.05) is 36.4 Å². The summed E-state index contributed by atoms with van der Waals surface area (Å²) in [5, 5.41) is 6.97. The number of anilines is 1. The molecule has 1 aromatic heterocycles. The average molecular weight is 322 g/mol. The fourth-order valence-electron chi connectivity index (χ4n) is 2.28. The van der Waals surface area contributed by atoms with Gasteiger partial charge >= 0.3 is 0 Å². The van der Waals surface area contributed by atoms with Crippen LogP contribution in [0.5, 0.6) is 5.75 Å². The topological polar surface area (TPSA) is 69.0 Å². The maximum absolute atomic E-state index is 12.0. The molecule has 3 aromatic rings. The molecule has 0 bridgehead atoms. The molecule has 0 aliphatic heterocycles. The number of benzene rings is 2. The summed E-state index contributed by atoms with van der Waals surface area (Å²) >= 11 is 0. The van der Waals surface area contributed by atoms with Crippen LogP contribution in [0.1, 0.15) is 11.4 Å². The van der Waals surface area contributed by atoms with E-state index in [9.17, 15) is 4.79 Å². The Morgan fingerprint density at radius 1 is 1.08 bits per heavy atom. The molecule has 0 aliphatic rings. The van der Waals surface area contributed by atoms with E-state index in [0.717, 1.165) is 11.3 Å². The van der Waals surface area contributed by atoms with Gasteiger partial charge in [0.05, 0.1) is 5.69 Å². The predicted octanol–water partition coefficient (Wildman–Crippen LogP) is 2.90. The second-order valence-corrected chi connectivity index (χ2v) is 5.33. The zero-order valence-corrected chi connectivity index (χ0v) is 13.6. The first-order chi connectivity index (χ1) is 11.6. The third-order valence-corrected chi connectivity index (χ3v) is 3.47. The lowest BCUT2D eigenvalue weighted by molar-refractivity contribution is -0.118. The minimum absolute atomic E-state index is 0.0935. The van der Waals surface area contributed by atoms with E-state index in [1.807, 2.05) is 68.4 Å². The number of rotatable bonds is 5. The van der Waals surface area contributed by atoms with Crippen LogP contribution in [0.4, 0.5) is 5.95 Å². The van der Waals surface area contributed by atoms with E-state index in [1.54, 1.807) is 4.68 Å². The van der Waals surface area contributed by atoms with Crippen molar-refractivity contribution in [3.8, 4) is 11.4 Å². The normalized spacial score (nSPS) is 10.4. The first-order valence-electron chi connectivity index (χ1n) is 7.61. The van der Waals surface area contributed by atoms with Crippen molar-refractivity contribution in [2.24, 2.45) is 0 Å². The van der Waals surface area contributed by atoms with Crippen LogP contribution in [0, 0.1) is 13.8 Å². The van der Waals surface area contributed by atoms with Gasteiger partial charge in [-0.3, -0.25) is 10.1 Å². The van der Waals surface area contributed by atoms with Crippen molar-refractivity contribution in [1.82, 2.24) is 14.8 Å². The van der Waals surface area contributed by atoms with Crippen LogP contribution in [0.3, 0.4) is 0 Å². The monoisotopic (exact) mass is 322 g/mol. The molecule has 1 heterocycles. The number of aromatic nitrogens is 3. The van der Waals surface area contributed by atoms with E-state index in [0.29, 0.717) is 11.6 Å². The second kappa shape index (κ2) is 6.95. The van der Waals surface area contributed by atoms with Gasteiger partial charge in [-0.15, -0.1) is 5.10 Å². The Kier molecular flexibility index (Phi) is 4.56. The minimum atomic E-state index is -0.302. The SMILES string of the molecule is Cc1ccccc1OCC(=O)Nc1nc(C)n(-c2ccccc2)n1. The first kappa shape index (κ1) is 15.7. The number of nitrogens with zero attached hydrogens (tertiary/aromatic N) is 3. The molecule has 0 fully saturated rings. The lowest BCUT2D eigenvalue weighted by Gasteiger charge is -2.07. The van der Waals surface area contributed by atoms with Gasteiger partial charge in [-0.2, -0.15) is 4.98 Å². The maximum atomic E-state index is 12.0. The summed E-state index contributed by atoms with van der Waals surface area (Å²) in [6.45, 7) is 3.67. The summed E-state index contributed by atoms with van der Waals surface area (Å²) < 4.78 is 7.20. The standard InChI is InChI=1S/C18H18N4O2/c1-13-8-6-7-11-16(13)24-12-17(23)20-18-19-14(2)22(21-18)15-9-4-3-5-10-15/h3-11H,12H2,1-2H3,(H,20,21,23). The highest BCUT2D eigenvalue weighted by molar-refractivity contribution is 5.90. The highest BCUT2D eigenvalue weighted by atomic mass is 16.5. The highest BCUT2D eigenvalue weighted by Gasteiger charge is 2.11. The van der Waals surface area contributed by atoms with Gasteiger partial charge in [-0.05, 0) is 37.6 Å². The Balaban J connectivity index is 1.64. The Morgan fingerprint density at radius 3 is 2.54 bits per heavy atom. The van der Waals surface area contributed by atoms with Gasteiger partial charge in [0, 0.05) is 0 Å². The first-order valence-corrected chi connectivity index (χ1v) is 7.61. The molecule has 0 unspecified atom stereocenters. The van der Waals surface area contributed by atoms with Crippen molar-refractivity contribution >= 4 is 11.9 Å². The number of aryl methyl sites for hydroxylation is 2. The third kappa shape index (κ3) is 3.60. The molecule has 0 saturated heterocycles. The fourth-order valence-corrected chi connectivity index (χ4v) is 2.28. The summed E-state index contributed by atoms with van der Waals surface area (Å²) in [4.78, 5) is 16.3.